The lowest BCUT2D eigenvalue weighted by Gasteiger charge is -2.09. The Kier molecular flexibility index (Phi) is 4.04. The summed E-state index contributed by atoms with van der Waals surface area (Å²) in [6, 6.07) is 11.1. The first-order chi connectivity index (χ1) is 11.4. The second kappa shape index (κ2) is 6.16. The highest BCUT2D eigenvalue weighted by atomic mass is 16.5. The van der Waals surface area contributed by atoms with Gasteiger partial charge in [-0.25, -0.2) is 4.79 Å². The predicted octanol–water partition coefficient (Wildman–Crippen LogP) is 3.21. The second-order valence-corrected chi connectivity index (χ2v) is 5.86. The summed E-state index contributed by atoms with van der Waals surface area (Å²) in [6.07, 6.45) is 0. The van der Waals surface area contributed by atoms with Crippen LogP contribution in [0.4, 0.5) is 5.69 Å². The van der Waals surface area contributed by atoms with E-state index in [1.807, 2.05) is 51.1 Å². The Morgan fingerprint density at radius 1 is 1.00 bits per heavy atom. The summed E-state index contributed by atoms with van der Waals surface area (Å²) >= 11 is 0. The van der Waals surface area contributed by atoms with Crippen LogP contribution in [0.2, 0.25) is 0 Å². The number of benzene rings is 2. The number of anilines is 1. The molecule has 0 aliphatic carbocycles. The van der Waals surface area contributed by atoms with Crippen molar-refractivity contribution in [3.63, 3.8) is 0 Å². The van der Waals surface area contributed by atoms with Gasteiger partial charge in [-0.05, 0) is 56.7 Å². The fourth-order valence-electron chi connectivity index (χ4n) is 2.66. The molecule has 0 atom stereocenters. The highest BCUT2D eigenvalue weighted by molar-refractivity contribution is 6.04. The molecular weight excluding hydrogens is 306 g/mol. The number of aryl methyl sites for hydroxylation is 3. The van der Waals surface area contributed by atoms with Crippen molar-refractivity contribution in [3.8, 4) is 11.4 Å². The molecule has 0 bridgehead atoms. The summed E-state index contributed by atoms with van der Waals surface area (Å²) in [6.45, 7) is 5.80. The molecule has 6 nitrogen and oxygen atoms in total. The van der Waals surface area contributed by atoms with Crippen molar-refractivity contribution < 1.29 is 9.32 Å². The Bertz CT molecular complexity index is 949. The smallest absolute Gasteiger partial charge is 0.322 e. The number of H-pyrrole nitrogens is 1. The van der Waals surface area contributed by atoms with Crippen LogP contribution in [0.3, 0.4) is 0 Å². The normalized spacial score (nSPS) is 10.6. The van der Waals surface area contributed by atoms with Gasteiger partial charge in [-0.15, -0.1) is 0 Å². The van der Waals surface area contributed by atoms with E-state index in [-0.39, 0.29) is 5.91 Å². The molecule has 6 heteroatoms. The zero-order valence-electron chi connectivity index (χ0n) is 13.6. The van der Waals surface area contributed by atoms with Crippen molar-refractivity contribution >= 4 is 11.6 Å². The molecule has 0 saturated carbocycles. The molecule has 0 saturated heterocycles. The van der Waals surface area contributed by atoms with E-state index in [2.05, 4.69) is 20.0 Å². The minimum atomic E-state index is -0.618. The molecule has 1 amide bonds. The van der Waals surface area contributed by atoms with Gasteiger partial charge in [-0.1, -0.05) is 22.3 Å². The lowest BCUT2D eigenvalue weighted by Crippen LogP contribution is -2.12. The molecule has 0 fully saturated rings. The Labute approximate surface area is 138 Å². The van der Waals surface area contributed by atoms with Gasteiger partial charge in [0, 0.05) is 16.8 Å². The number of carbonyl (C=O) groups is 1. The van der Waals surface area contributed by atoms with Crippen LogP contribution in [0.15, 0.2) is 45.7 Å². The molecule has 2 aromatic carbocycles. The maximum Gasteiger partial charge on any atom is 0.439 e. The van der Waals surface area contributed by atoms with E-state index in [0.717, 1.165) is 16.7 Å². The first-order valence-electron chi connectivity index (χ1n) is 7.48. The number of hydrogen-bond donors (Lipinski definition) is 2. The molecule has 0 radical (unpaired) electrons. The van der Waals surface area contributed by atoms with Crippen molar-refractivity contribution in [1.82, 2.24) is 10.1 Å². The van der Waals surface area contributed by atoms with E-state index in [1.54, 1.807) is 6.07 Å². The Morgan fingerprint density at radius 3 is 2.29 bits per heavy atom. The average Bonchev–Trinajstić information content (AvgIpc) is 2.92. The summed E-state index contributed by atoms with van der Waals surface area (Å²) < 4.78 is 4.53. The third kappa shape index (κ3) is 3.43. The Morgan fingerprint density at radius 2 is 1.67 bits per heavy atom. The van der Waals surface area contributed by atoms with Gasteiger partial charge in [0.2, 0.25) is 0 Å². The van der Waals surface area contributed by atoms with Gasteiger partial charge in [0.15, 0.2) is 5.82 Å². The molecule has 1 heterocycles. The molecule has 0 aliphatic heterocycles. The van der Waals surface area contributed by atoms with Gasteiger partial charge in [-0.3, -0.25) is 14.3 Å². The number of hydrogen-bond acceptors (Lipinski definition) is 4. The topological polar surface area (TPSA) is 88.0 Å². The zero-order chi connectivity index (χ0) is 17.3. The molecule has 2 N–H and O–H groups in total. The minimum absolute atomic E-state index is 0.188. The van der Waals surface area contributed by atoms with Gasteiger partial charge in [0.25, 0.3) is 5.91 Å². The molecule has 0 unspecified atom stereocenters. The summed E-state index contributed by atoms with van der Waals surface area (Å²) in [5.41, 5.74) is 4.88. The predicted molar refractivity (Wildman–Crippen MR) is 91.2 cm³/mol. The first kappa shape index (κ1) is 15.7. The van der Waals surface area contributed by atoms with Crippen molar-refractivity contribution in [2.24, 2.45) is 0 Å². The van der Waals surface area contributed by atoms with Crippen LogP contribution >= 0.6 is 0 Å². The van der Waals surface area contributed by atoms with Crippen molar-refractivity contribution in [2.45, 2.75) is 20.8 Å². The van der Waals surface area contributed by atoms with E-state index in [4.69, 9.17) is 0 Å². The Hall–Kier alpha value is -3.15. The molecule has 3 rings (SSSR count). The summed E-state index contributed by atoms with van der Waals surface area (Å²) in [5, 5.41) is 6.55. The number of nitrogens with zero attached hydrogens (tertiary/aromatic N) is 1. The second-order valence-electron chi connectivity index (χ2n) is 5.86. The molecule has 1 aromatic heterocycles. The summed E-state index contributed by atoms with van der Waals surface area (Å²) in [7, 11) is 0. The molecule has 24 heavy (non-hydrogen) atoms. The average molecular weight is 323 g/mol. The largest absolute Gasteiger partial charge is 0.439 e. The minimum Gasteiger partial charge on any atom is -0.322 e. The van der Waals surface area contributed by atoms with E-state index >= 15 is 0 Å². The number of nitrogens with one attached hydrogen (secondary N) is 2. The number of rotatable bonds is 3. The number of carbonyl (C=O) groups excluding carboxylic acids is 1. The highest BCUT2D eigenvalue weighted by Crippen LogP contribution is 2.22. The van der Waals surface area contributed by atoms with Crippen LogP contribution in [0.5, 0.6) is 0 Å². The van der Waals surface area contributed by atoms with E-state index in [0.29, 0.717) is 22.6 Å². The van der Waals surface area contributed by atoms with E-state index in [9.17, 15) is 9.59 Å². The fraction of sp³-hybridized carbons (Fsp3) is 0.167. The van der Waals surface area contributed by atoms with Crippen molar-refractivity contribution in [1.29, 1.82) is 0 Å². The molecule has 122 valence electrons. The van der Waals surface area contributed by atoms with Crippen LogP contribution in [0.1, 0.15) is 27.0 Å². The Balaban J connectivity index is 1.91. The maximum atomic E-state index is 12.5. The lowest BCUT2D eigenvalue weighted by molar-refractivity contribution is 0.102. The number of aromatic nitrogens is 2. The van der Waals surface area contributed by atoms with Crippen LogP contribution in [0.25, 0.3) is 11.4 Å². The molecular formula is C18H17N3O3. The van der Waals surface area contributed by atoms with Crippen molar-refractivity contribution in [2.75, 3.05) is 5.32 Å². The molecule has 3 aromatic rings. The zero-order valence-corrected chi connectivity index (χ0v) is 13.6. The molecule has 0 spiro atoms. The highest BCUT2D eigenvalue weighted by Gasteiger charge is 2.10. The monoisotopic (exact) mass is 323 g/mol. The van der Waals surface area contributed by atoms with E-state index < -0.39 is 5.76 Å². The van der Waals surface area contributed by atoms with Crippen LogP contribution in [0, 0.1) is 20.8 Å². The van der Waals surface area contributed by atoms with Gasteiger partial charge >= 0.3 is 5.76 Å². The fourth-order valence-corrected chi connectivity index (χ4v) is 2.66. The molecule has 0 aliphatic rings. The lowest BCUT2D eigenvalue weighted by atomic mass is 10.1. The quantitative estimate of drug-likeness (QED) is 0.774. The standard InChI is InChI=1S/C18H17N3O3/c1-10-4-11(2)7-14(6-10)17(22)19-15-8-12(3)5-13(9-15)16-20-18(23)24-21-16/h4-9H,1-3H3,(H,19,22)(H,20,21,23). The van der Waals surface area contributed by atoms with Crippen LogP contribution in [-0.2, 0) is 0 Å². The number of aromatic amines is 1. The third-order valence-electron chi connectivity index (χ3n) is 3.53. The summed E-state index contributed by atoms with van der Waals surface area (Å²) in [5.74, 6) is -0.482. The van der Waals surface area contributed by atoms with Crippen LogP contribution < -0.4 is 11.1 Å². The van der Waals surface area contributed by atoms with Gasteiger partial charge in [-0.2, -0.15) is 0 Å². The van der Waals surface area contributed by atoms with Crippen LogP contribution in [-0.4, -0.2) is 16.0 Å². The number of amides is 1. The summed E-state index contributed by atoms with van der Waals surface area (Å²) in [4.78, 5) is 26.1. The van der Waals surface area contributed by atoms with Gasteiger partial charge in [0.05, 0.1) is 0 Å². The van der Waals surface area contributed by atoms with Gasteiger partial charge in [0.1, 0.15) is 0 Å². The van der Waals surface area contributed by atoms with Crippen molar-refractivity contribution in [3.05, 3.63) is 69.2 Å². The third-order valence-corrected chi connectivity index (χ3v) is 3.53. The maximum absolute atomic E-state index is 12.5. The first-order valence-corrected chi connectivity index (χ1v) is 7.48. The SMILES string of the molecule is Cc1cc(C)cc(C(=O)Nc2cc(C)cc(-c3noc(=O)[nH]3)c2)c1. The van der Waals surface area contributed by atoms with Gasteiger partial charge < -0.3 is 5.32 Å². The van der Waals surface area contributed by atoms with E-state index in [1.165, 1.54) is 0 Å².